The van der Waals surface area contributed by atoms with E-state index in [9.17, 15) is 9.59 Å². The third-order valence-corrected chi connectivity index (χ3v) is 3.19. The summed E-state index contributed by atoms with van der Waals surface area (Å²) in [6.07, 6.45) is 0.898. The van der Waals surface area contributed by atoms with Crippen molar-refractivity contribution in [1.82, 2.24) is 4.90 Å². The molecule has 122 valence electrons. The quantitative estimate of drug-likeness (QED) is 0.439. The second-order valence-corrected chi connectivity index (χ2v) is 5.31. The maximum Gasteiger partial charge on any atom is 0.375 e. The van der Waals surface area contributed by atoms with Crippen LogP contribution in [-0.4, -0.2) is 49.9 Å². The molecule has 1 aliphatic rings. The van der Waals surface area contributed by atoms with Crippen LogP contribution in [0.1, 0.15) is 18.9 Å². The summed E-state index contributed by atoms with van der Waals surface area (Å²) in [6, 6.07) is 5.45. The molecule has 0 spiro atoms. The van der Waals surface area contributed by atoms with Crippen LogP contribution in [0.2, 0.25) is 0 Å². The molecule has 0 bridgehead atoms. The number of urea groups is 2. The van der Waals surface area contributed by atoms with E-state index in [2.05, 4.69) is 20.3 Å². The Morgan fingerprint density at radius 1 is 1.17 bits per heavy atom. The highest BCUT2D eigenvalue weighted by Crippen LogP contribution is 2.21. The lowest BCUT2D eigenvalue weighted by atomic mass is 10.1. The highest BCUT2D eigenvalue weighted by Gasteiger charge is 2.28. The van der Waals surface area contributed by atoms with Crippen molar-refractivity contribution in [2.75, 3.05) is 32.1 Å². The van der Waals surface area contributed by atoms with Crippen molar-refractivity contribution in [1.29, 1.82) is 0 Å². The third-order valence-electron chi connectivity index (χ3n) is 3.19. The van der Waals surface area contributed by atoms with Crippen molar-refractivity contribution in [3.05, 3.63) is 29.8 Å². The number of anilines is 1. The smallest absolute Gasteiger partial charge is 0.375 e. The maximum atomic E-state index is 11.5. The number of oxime groups is 1. The zero-order chi connectivity index (χ0) is 16.8. The van der Waals surface area contributed by atoms with E-state index in [0.29, 0.717) is 12.3 Å². The molecule has 0 saturated carbocycles. The monoisotopic (exact) mass is 317 g/mol. The minimum absolute atomic E-state index is 0.424. The van der Waals surface area contributed by atoms with Crippen LogP contribution in [0, 0.1) is 0 Å². The predicted octanol–water partition coefficient (Wildman–Crippen LogP) is 2.89. The average Bonchev–Trinajstić information content (AvgIpc) is 2.85. The van der Waals surface area contributed by atoms with Gasteiger partial charge >= 0.3 is 12.1 Å². The SMILES string of the molecule is C/C(=N\OCCCN(C)C)c1ccc(N2C(=O)N=NC2=O)cc1. The van der Waals surface area contributed by atoms with E-state index in [0.717, 1.165) is 29.1 Å². The van der Waals surface area contributed by atoms with Crippen LogP contribution in [0.3, 0.4) is 0 Å². The molecule has 0 atom stereocenters. The van der Waals surface area contributed by atoms with Gasteiger partial charge in [0, 0.05) is 6.54 Å². The molecule has 8 nitrogen and oxygen atoms in total. The van der Waals surface area contributed by atoms with Crippen LogP contribution in [0.4, 0.5) is 15.3 Å². The number of carbonyl (C=O) groups is 2. The van der Waals surface area contributed by atoms with Gasteiger partial charge in [0.2, 0.25) is 0 Å². The Kier molecular flexibility index (Phi) is 5.53. The minimum Gasteiger partial charge on any atom is -0.396 e. The molecule has 1 aromatic carbocycles. The van der Waals surface area contributed by atoms with Gasteiger partial charge in [-0.05, 0) is 45.1 Å². The lowest BCUT2D eigenvalue weighted by Crippen LogP contribution is -2.27. The fourth-order valence-electron chi connectivity index (χ4n) is 1.97. The summed E-state index contributed by atoms with van der Waals surface area (Å²) in [5.74, 6) is 0. The summed E-state index contributed by atoms with van der Waals surface area (Å²) in [7, 11) is 4.01. The molecule has 1 aliphatic heterocycles. The number of hydrogen-bond acceptors (Lipinski definition) is 5. The van der Waals surface area contributed by atoms with E-state index in [1.165, 1.54) is 0 Å². The highest BCUT2D eigenvalue weighted by molar-refractivity contribution is 6.17. The van der Waals surface area contributed by atoms with Gasteiger partial charge in [0.25, 0.3) is 0 Å². The van der Waals surface area contributed by atoms with Crippen molar-refractivity contribution in [2.45, 2.75) is 13.3 Å². The first kappa shape index (κ1) is 16.8. The van der Waals surface area contributed by atoms with Gasteiger partial charge in [-0.3, -0.25) is 0 Å². The number of imide groups is 1. The van der Waals surface area contributed by atoms with Gasteiger partial charge in [0.1, 0.15) is 6.61 Å². The summed E-state index contributed by atoms with van der Waals surface area (Å²) in [5, 5.41) is 10.5. The van der Waals surface area contributed by atoms with E-state index in [4.69, 9.17) is 4.84 Å². The summed E-state index contributed by atoms with van der Waals surface area (Å²) >= 11 is 0. The lowest BCUT2D eigenvalue weighted by Gasteiger charge is -2.11. The Morgan fingerprint density at radius 3 is 2.35 bits per heavy atom. The van der Waals surface area contributed by atoms with Gasteiger partial charge in [0.15, 0.2) is 0 Å². The molecule has 1 aromatic rings. The highest BCUT2D eigenvalue weighted by atomic mass is 16.6. The third kappa shape index (κ3) is 4.43. The summed E-state index contributed by atoms with van der Waals surface area (Å²) in [4.78, 5) is 31.2. The Bertz CT molecular complexity index is 619. The summed E-state index contributed by atoms with van der Waals surface area (Å²) < 4.78 is 0. The number of hydrogen-bond donors (Lipinski definition) is 0. The van der Waals surface area contributed by atoms with Gasteiger partial charge < -0.3 is 9.74 Å². The first-order valence-electron chi connectivity index (χ1n) is 7.20. The molecule has 0 radical (unpaired) electrons. The van der Waals surface area contributed by atoms with Gasteiger partial charge in [-0.1, -0.05) is 27.5 Å². The number of amides is 4. The fraction of sp³-hybridized carbons (Fsp3) is 0.400. The van der Waals surface area contributed by atoms with Crippen molar-refractivity contribution in [2.24, 2.45) is 15.4 Å². The standard InChI is InChI=1S/C15H19N5O3/c1-11(18-23-10-4-9-19(2)3)12-5-7-13(8-6-12)20-14(21)16-17-15(20)22/h5-8H,4,9-10H2,1-3H3/b18-11+. The molecule has 2 rings (SSSR count). The van der Waals surface area contributed by atoms with Crippen LogP contribution in [-0.2, 0) is 4.84 Å². The van der Waals surface area contributed by atoms with Crippen LogP contribution < -0.4 is 4.90 Å². The van der Waals surface area contributed by atoms with Crippen molar-refractivity contribution in [3.8, 4) is 0 Å². The largest absolute Gasteiger partial charge is 0.396 e. The Balaban J connectivity index is 1.94. The Hall–Kier alpha value is -2.61. The molecule has 0 saturated heterocycles. The number of rotatable bonds is 7. The summed E-state index contributed by atoms with van der Waals surface area (Å²) in [5.41, 5.74) is 1.98. The van der Waals surface area contributed by atoms with Crippen LogP contribution in [0.25, 0.3) is 0 Å². The Labute approximate surface area is 134 Å². The molecular formula is C15H19N5O3. The van der Waals surface area contributed by atoms with E-state index in [-0.39, 0.29) is 0 Å². The summed E-state index contributed by atoms with van der Waals surface area (Å²) in [6.45, 7) is 3.32. The minimum atomic E-state index is -0.683. The van der Waals surface area contributed by atoms with Crippen molar-refractivity contribution < 1.29 is 14.4 Å². The van der Waals surface area contributed by atoms with Gasteiger partial charge in [0.05, 0.1) is 11.4 Å². The number of azo groups is 1. The first-order chi connectivity index (χ1) is 11.0. The predicted molar refractivity (Wildman–Crippen MR) is 85.9 cm³/mol. The Morgan fingerprint density at radius 2 is 1.78 bits per heavy atom. The van der Waals surface area contributed by atoms with Crippen LogP contribution in [0.5, 0.6) is 0 Å². The number of carbonyl (C=O) groups excluding carboxylic acids is 2. The normalized spacial score (nSPS) is 15.0. The topological polar surface area (TPSA) is 86.9 Å². The molecule has 4 amide bonds. The fourth-order valence-corrected chi connectivity index (χ4v) is 1.97. The molecule has 0 aliphatic carbocycles. The molecule has 0 N–H and O–H groups in total. The zero-order valence-electron chi connectivity index (χ0n) is 13.4. The van der Waals surface area contributed by atoms with Crippen molar-refractivity contribution >= 4 is 23.5 Å². The number of nitrogens with zero attached hydrogens (tertiary/aromatic N) is 5. The van der Waals surface area contributed by atoms with E-state index >= 15 is 0 Å². The zero-order valence-corrected chi connectivity index (χ0v) is 13.4. The average molecular weight is 317 g/mol. The van der Waals surface area contributed by atoms with E-state index < -0.39 is 12.1 Å². The maximum absolute atomic E-state index is 11.5. The van der Waals surface area contributed by atoms with Gasteiger partial charge in [-0.2, -0.15) is 0 Å². The van der Waals surface area contributed by atoms with E-state index in [1.807, 2.05) is 21.0 Å². The van der Waals surface area contributed by atoms with Crippen LogP contribution >= 0.6 is 0 Å². The molecule has 0 unspecified atom stereocenters. The molecule has 23 heavy (non-hydrogen) atoms. The molecule has 1 heterocycles. The molecular weight excluding hydrogens is 298 g/mol. The lowest BCUT2D eigenvalue weighted by molar-refractivity contribution is 0.135. The van der Waals surface area contributed by atoms with Gasteiger partial charge in [-0.15, -0.1) is 0 Å². The number of benzene rings is 1. The van der Waals surface area contributed by atoms with Crippen LogP contribution in [0.15, 0.2) is 39.6 Å². The molecule has 0 aromatic heterocycles. The molecule has 8 heteroatoms. The van der Waals surface area contributed by atoms with Crippen molar-refractivity contribution in [3.63, 3.8) is 0 Å². The first-order valence-corrected chi connectivity index (χ1v) is 7.20. The second kappa shape index (κ2) is 7.59. The second-order valence-electron chi connectivity index (χ2n) is 5.31. The van der Waals surface area contributed by atoms with Gasteiger partial charge in [-0.25, -0.2) is 14.5 Å². The van der Waals surface area contributed by atoms with E-state index in [1.54, 1.807) is 24.3 Å². The molecule has 0 fully saturated rings.